The van der Waals surface area contributed by atoms with Gasteiger partial charge >= 0.3 is 0 Å². The Morgan fingerprint density at radius 2 is 2.14 bits per heavy atom. The van der Waals surface area contributed by atoms with Crippen molar-refractivity contribution in [2.45, 2.75) is 24.7 Å². The Balaban J connectivity index is 1.68. The van der Waals surface area contributed by atoms with Gasteiger partial charge in [-0.3, -0.25) is 4.79 Å². The molecule has 4 N–H and O–H groups in total. The molecule has 22 heavy (non-hydrogen) atoms. The largest absolute Gasteiger partial charge is 0.370 e. The number of hydrazine groups is 1. The fourth-order valence-electron chi connectivity index (χ4n) is 2.73. The molecule has 0 bridgehead atoms. The first kappa shape index (κ1) is 16.0. The van der Waals surface area contributed by atoms with Crippen LogP contribution in [0.15, 0.2) is 18.2 Å². The number of hydrogen-bond donors (Lipinski definition) is 3. The van der Waals surface area contributed by atoms with Crippen molar-refractivity contribution in [2.75, 3.05) is 19.7 Å². The van der Waals surface area contributed by atoms with Crippen LogP contribution in [0.3, 0.4) is 0 Å². The van der Waals surface area contributed by atoms with Gasteiger partial charge in [0.1, 0.15) is 12.1 Å². The number of carbonyl (C=O) groups is 1. The molecule has 3 unspecified atom stereocenters. The van der Waals surface area contributed by atoms with Crippen molar-refractivity contribution in [1.29, 1.82) is 0 Å². The predicted molar refractivity (Wildman–Crippen MR) is 84.4 cm³/mol. The topological polar surface area (TPSA) is 79.6 Å². The third-order valence-corrected chi connectivity index (χ3v) is 4.66. The highest BCUT2D eigenvalue weighted by Crippen LogP contribution is 2.29. The molecule has 1 aromatic rings. The van der Waals surface area contributed by atoms with Crippen LogP contribution in [0.4, 0.5) is 0 Å². The zero-order valence-corrected chi connectivity index (χ0v) is 13.4. The van der Waals surface area contributed by atoms with Crippen LogP contribution in [-0.4, -0.2) is 42.7 Å². The molecule has 0 saturated carbocycles. The Bertz CT molecular complexity index is 572. The number of nitrogens with one attached hydrogen (secondary N) is 2. The SMILES string of the molecule is NC1CC(C(=O)N2CCOC(c3ccc(Cl)c(Cl)c3)C2)NN1. The first-order valence-electron chi connectivity index (χ1n) is 7.16. The second-order valence-electron chi connectivity index (χ2n) is 5.50. The summed E-state index contributed by atoms with van der Waals surface area (Å²) in [4.78, 5) is 14.3. The van der Waals surface area contributed by atoms with Crippen LogP contribution in [0.25, 0.3) is 0 Å². The number of nitrogens with two attached hydrogens (primary N) is 1. The Kier molecular flexibility index (Phi) is 4.87. The van der Waals surface area contributed by atoms with Crippen LogP contribution in [-0.2, 0) is 9.53 Å². The molecule has 3 atom stereocenters. The van der Waals surface area contributed by atoms with Crippen LogP contribution < -0.4 is 16.6 Å². The molecule has 6 nitrogen and oxygen atoms in total. The molecule has 2 heterocycles. The number of morpholine rings is 1. The average molecular weight is 345 g/mol. The van der Waals surface area contributed by atoms with E-state index in [1.807, 2.05) is 6.07 Å². The van der Waals surface area contributed by atoms with Gasteiger partial charge in [0.2, 0.25) is 5.91 Å². The summed E-state index contributed by atoms with van der Waals surface area (Å²) < 4.78 is 5.77. The second-order valence-corrected chi connectivity index (χ2v) is 6.32. The summed E-state index contributed by atoms with van der Waals surface area (Å²) in [6, 6.07) is 5.11. The van der Waals surface area contributed by atoms with Crippen LogP contribution in [0.1, 0.15) is 18.1 Å². The average Bonchev–Trinajstić information content (AvgIpc) is 2.96. The maximum Gasteiger partial charge on any atom is 0.241 e. The Labute approximate surface area is 138 Å². The van der Waals surface area contributed by atoms with Gasteiger partial charge in [0.05, 0.1) is 29.4 Å². The van der Waals surface area contributed by atoms with Gasteiger partial charge in [-0.1, -0.05) is 29.3 Å². The molecule has 1 aromatic carbocycles. The molecule has 1 amide bonds. The van der Waals surface area contributed by atoms with Gasteiger partial charge < -0.3 is 15.4 Å². The standard InChI is InChI=1S/C14H18Cl2N4O2/c15-9-2-1-8(5-10(9)16)12-7-20(3-4-22-12)14(21)11-6-13(17)19-18-11/h1-2,5,11-13,18-19H,3-4,6-7,17H2. The summed E-state index contributed by atoms with van der Waals surface area (Å²) in [6.07, 6.45) is 0.185. The third-order valence-electron chi connectivity index (χ3n) is 3.92. The monoisotopic (exact) mass is 344 g/mol. The maximum absolute atomic E-state index is 12.5. The van der Waals surface area contributed by atoms with E-state index >= 15 is 0 Å². The first-order chi connectivity index (χ1) is 10.5. The normalized spacial score (nSPS) is 28.9. The zero-order chi connectivity index (χ0) is 15.7. The molecule has 0 aliphatic carbocycles. The van der Waals surface area contributed by atoms with Crippen LogP contribution in [0, 0.1) is 0 Å². The van der Waals surface area contributed by atoms with E-state index in [0.29, 0.717) is 36.2 Å². The number of ether oxygens (including phenoxy) is 1. The molecule has 3 rings (SSSR count). The number of carbonyl (C=O) groups excluding carboxylic acids is 1. The smallest absolute Gasteiger partial charge is 0.241 e. The van der Waals surface area contributed by atoms with Crippen molar-refractivity contribution in [2.24, 2.45) is 5.73 Å². The summed E-state index contributed by atoms with van der Waals surface area (Å²) in [6.45, 7) is 1.55. The van der Waals surface area contributed by atoms with Crippen molar-refractivity contribution >= 4 is 29.1 Å². The number of hydrogen-bond acceptors (Lipinski definition) is 5. The lowest BCUT2D eigenvalue weighted by Crippen LogP contribution is -2.50. The van der Waals surface area contributed by atoms with Crippen molar-refractivity contribution in [3.63, 3.8) is 0 Å². The highest BCUT2D eigenvalue weighted by molar-refractivity contribution is 6.42. The van der Waals surface area contributed by atoms with E-state index in [9.17, 15) is 4.79 Å². The summed E-state index contributed by atoms with van der Waals surface area (Å²) in [5.74, 6) is 0.0359. The second kappa shape index (κ2) is 6.70. The fourth-order valence-corrected chi connectivity index (χ4v) is 3.03. The van der Waals surface area contributed by atoms with Crippen molar-refractivity contribution < 1.29 is 9.53 Å². The number of nitrogens with zero attached hydrogens (tertiary/aromatic N) is 1. The molecule has 8 heteroatoms. The lowest BCUT2D eigenvalue weighted by molar-refractivity contribution is -0.141. The number of halogens is 2. The van der Waals surface area contributed by atoms with E-state index in [1.165, 1.54) is 0 Å². The summed E-state index contributed by atoms with van der Waals surface area (Å²) in [5.41, 5.74) is 12.5. The van der Waals surface area contributed by atoms with Crippen LogP contribution in [0.2, 0.25) is 10.0 Å². The zero-order valence-electron chi connectivity index (χ0n) is 11.9. The lowest BCUT2D eigenvalue weighted by Gasteiger charge is -2.34. The molecule has 0 spiro atoms. The molecule has 0 aromatic heterocycles. The van der Waals surface area contributed by atoms with E-state index in [-0.39, 0.29) is 24.2 Å². The van der Waals surface area contributed by atoms with Crippen LogP contribution >= 0.6 is 23.2 Å². The van der Waals surface area contributed by atoms with Crippen molar-refractivity contribution in [3.05, 3.63) is 33.8 Å². The van der Waals surface area contributed by atoms with Gasteiger partial charge in [0.25, 0.3) is 0 Å². The van der Waals surface area contributed by atoms with Gasteiger partial charge in [-0.2, -0.15) is 0 Å². The molecular weight excluding hydrogens is 327 g/mol. The van der Waals surface area contributed by atoms with E-state index < -0.39 is 0 Å². The molecule has 0 radical (unpaired) electrons. The van der Waals surface area contributed by atoms with Gasteiger partial charge in [0, 0.05) is 13.0 Å². The molecular formula is C14H18Cl2N4O2. The van der Waals surface area contributed by atoms with Crippen molar-refractivity contribution in [1.82, 2.24) is 15.8 Å². The Morgan fingerprint density at radius 1 is 1.32 bits per heavy atom. The quantitative estimate of drug-likeness (QED) is 0.747. The Hall–Kier alpha value is -0.890. The molecule has 2 aliphatic rings. The van der Waals surface area contributed by atoms with E-state index in [4.69, 9.17) is 33.7 Å². The minimum Gasteiger partial charge on any atom is -0.370 e. The Morgan fingerprint density at radius 3 is 2.82 bits per heavy atom. The van der Waals surface area contributed by atoms with Crippen LogP contribution in [0.5, 0.6) is 0 Å². The highest BCUT2D eigenvalue weighted by atomic mass is 35.5. The first-order valence-corrected chi connectivity index (χ1v) is 7.92. The van der Waals surface area contributed by atoms with E-state index in [0.717, 1.165) is 5.56 Å². The molecule has 2 aliphatic heterocycles. The lowest BCUT2D eigenvalue weighted by atomic mass is 10.1. The van der Waals surface area contributed by atoms with Crippen molar-refractivity contribution in [3.8, 4) is 0 Å². The molecule has 120 valence electrons. The number of amides is 1. The fraction of sp³-hybridized carbons (Fsp3) is 0.500. The third kappa shape index (κ3) is 3.37. The summed E-state index contributed by atoms with van der Waals surface area (Å²) in [7, 11) is 0. The highest BCUT2D eigenvalue weighted by Gasteiger charge is 2.33. The van der Waals surface area contributed by atoms with Gasteiger partial charge in [0.15, 0.2) is 0 Å². The van der Waals surface area contributed by atoms with Gasteiger partial charge in [-0.05, 0) is 17.7 Å². The van der Waals surface area contributed by atoms with Gasteiger partial charge in [-0.15, -0.1) is 0 Å². The predicted octanol–water partition coefficient (Wildman–Crippen LogP) is 1.04. The van der Waals surface area contributed by atoms with Gasteiger partial charge in [-0.25, -0.2) is 10.9 Å². The summed E-state index contributed by atoms with van der Waals surface area (Å²) in [5, 5.41) is 0.989. The minimum absolute atomic E-state index is 0.0359. The number of benzene rings is 1. The maximum atomic E-state index is 12.5. The minimum atomic E-state index is -0.289. The summed E-state index contributed by atoms with van der Waals surface area (Å²) >= 11 is 12.0. The van der Waals surface area contributed by atoms with E-state index in [2.05, 4.69) is 10.9 Å². The number of rotatable bonds is 2. The van der Waals surface area contributed by atoms with E-state index in [1.54, 1.807) is 17.0 Å². The molecule has 2 saturated heterocycles. The molecule has 2 fully saturated rings.